The van der Waals surface area contributed by atoms with E-state index in [0.29, 0.717) is 5.56 Å². The Hall–Kier alpha value is -3.80. The smallest absolute Gasteiger partial charge is 0.328 e. The Balaban J connectivity index is 2.31. The maximum absolute atomic E-state index is 13.4. The first kappa shape index (κ1) is 29.4. The van der Waals surface area contributed by atoms with Gasteiger partial charge in [-0.3, -0.25) is 14.4 Å². The Morgan fingerprint density at radius 1 is 0.703 bits per heavy atom. The Kier molecular flexibility index (Phi) is 11.2. The monoisotopic (exact) mass is 514 g/mol. The molecule has 0 aliphatic carbocycles. The molecule has 0 saturated heterocycles. The summed E-state index contributed by atoms with van der Waals surface area (Å²) >= 11 is 0. The van der Waals surface area contributed by atoms with Crippen molar-refractivity contribution in [2.75, 3.05) is 0 Å². The van der Waals surface area contributed by atoms with Gasteiger partial charge in [0.05, 0.1) is 12.2 Å². The van der Waals surface area contributed by atoms with Gasteiger partial charge in [-0.15, -0.1) is 0 Å². The third-order valence-electron chi connectivity index (χ3n) is 5.70. The largest absolute Gasteiger partial charge is 0.480 e. The van der Waals surface area contributed by atoms with E-state index in [9.17, 15) is 34.5 Å². The molecule has 200 valence electrons. The van der Waals surface area contributed by atoms with Gasteiger partial charge in [0, 0.05) is 12.8 Å². The van der Waals surface area contributed by atoms with Crippen LogP contribution < -0.4 is 21.7 Å². The number of carbonyl (C=O) groups excluding carboxylic acids is 3. The van der Waals surface area contributed by atoms with E-state index in [4.69, 9.17) is 5.73 Å². The fraction of sp³-hybridized carbons (Fsp3) is 0.385. The summed E-state index contributed by atoms with van der Waals surface area (Å²) in [6.07, 6.45) is -2.47. The van der Waals surface area contributed by atoms with Crippen molar-refractivity contribution in [2.45, 2.75) is 63.1 Å². The molecule has 2 aromatic carbocycles. The molecule has 6 atom stereocenters. The third kappa shape index (κ3) is 9.30. The fourth-order valence-electron chi connectivity index (χ4n) is 3.52. The second-order valence-electron chi connectivity index (χ2n) is 8.83. The Morgan fingerprint density at radius 3 is 1.49 bits per heavy atom. The molecule has 2 aromatic rings. The minimum absolute atomic E-state index is 0.0176. The SMILES string of the molecule is CC(O)C(N)C(=O)NC(Cc1ccccc1)C(=O)NC(Cc1ccccc1)C(=O)NC(C(=O)O)C(C)O. The Bertz CT molecular complexity index is 1050. The molecule has 3 amide bonds. The molecular weight excluding hydrogens is 480 g/mol. The van der Waals surface area contributed by atoms with Gasteiger partial charge < -0.3 is 37.0 Å². The number of rotatable bonds is 13. The summed E-state index contributed by atoms with van der Waals surface area (Å²) in [5.74, 6) is -3.73. The lowest BCUT2D eigenvalue weighted by molar-refractivity contribution is -0.145. The van der Waals surface area contributed by atoms with E-state index in [1.54, 1.807) is 60.7 Å². The van der Waals surface area contributed by atoms with Gasteiger partial charge in [0.2, 0.25) is 17.7 Å². The third-order valence-corrected chi connectivity index (χ3v) is 5.70. The van der Waals surface area contributed by atoms with Gasteiger partial charge in [-0.2, -0.15) is 0 Å². The molecule has 8 N–H and O–H groups in total. The number of aliphatic carboxylic acids is 1. The average molecular weight is 515 g/mol. The number of carbonyl (C=O) groups is 4. The fourth-order valence-corrected chi connectivity index (χ4v) is 3.52. The molecule has 37 heavy (non-hydrogen) atoms. The van der Waals surface area contributed by atoms with Gasteiger partial charge in [-0.1, -0.05) is 60.7 Å². The minimum Gasteiger partial charge on any atom is -0.480 e. The lowest BCUT2D eigenvalue weighted by atomic mass is 10.0. The highest BCUT2D eigenvalue weighted by Gasteiger charge is 2.32. The highest BCUT2D eigenvalue weighted by Crippen LogP contribution is 2.08. The number of aliphatic hydroxyl groups is 2. The van der Waals surface area contributed by atoms with Gasteiger partial charge in [-0.05, 0) is 25.0 Å². The van der Waals surface area contributed by atoms with Crippen molar-refractivity contribution < 1.29 is 34.5 Å². The van der Waals surface area contributed by atoms with Crippen LogP contribution in [0, 0.1) is 0 Å². The minimum atomic E-state index is -1.59. The van der Waals surface area contributed by atoms with Gasteiger partial charge in [0.1, 0.15) is 18.1 Å². The second-order valence-corrected chi connectivity index (χ2v) is 8.83. The van der Waals surface area contributed by atoms with Crippen molar-refractivity contribution in [1.29, 1.82) is 0 Å². The van der Waals surface area contributed by atoms with Crippen LogP contribution in [-0.4, -0.2) is 75.4 Å². The van der Waals surface area contributed by atoms with Crippen LogP contribution in [-0.2, 0) is 32.0 Å². The van der Waals surface area contributed by atoms with Crippen LogP contribution in [0.3, 0.4) is 0 Å². The predicted molar refractivity (Wildman–Crippen MR) is 135 cm³/mol. The first-order valence-electron chi connectivity index (χ1n) is 11.8. The summed E-state index contributed by atoms with van der Waals surface area (Å²) in [5.41, 5.74) is 7.13. The van der Waals surface area contributed by atoms with Crippen LogP contribution in [0.5, 0.6) is 0 Å². The summed E-state index contributed by atoms with van der Waals surface area (Å²) < 4.78 is 0. The molecule has 0 spiro atoms. The Morgan fingerprint density at radius 2 is 1.11 bits per heavy atom. The van der Waals surface area contributed by atoms with Crippen LogP contribution in [0.2, 0.25) is 0 Å². The van der Waals surface area contributed by atoms with Crippen LogP contribution >= 0.6 is 0 Å². The quantitative estimate of drug-likeness (QED) is 0.179. The number of carboxylic acids is 1. The lowest BCUT2D eigenvalue weighted by Crippen LogP contribution is -2.59. The molecule has 0 aromatic heterocycles. The molecule has 11 nitrogen and oxygen atoms in total. The van der Waals surface area contributed by atoms with E-state index in [2.05, 4.69) is 16.0 Å². The topological polar surface area (TPSA) is 191 Å². The van der Waals surface area contributed by atoms with Crippen LogP contribution in [0.15, 0.2) is 60.7 Å². The van der Waals surface area contributed by atoms with Crippen LogP contribution in [0.4, 0.5) is 0 Å². The molecule has 0 radical (unpaired) electrons. The van der Waals surface area contributed by atoms with Crippen molar-refractivity contribution in [3.8, 4) is 0 Å². The zero-order chi connectivity index (χ0) is 27.5. The highest BCUT2D eigenvalue weighted by atomic mass is 16.4. The number of nitrogens with two attached hydrogens (primary N) is 1. The molecule has 0 bridgehead atoms. The molecule has 2 rings (SSSR count). The number of benzene rings is 2. The number of amides is 3. The maximum atomic E-state index is 13.4. The van der Waals surface area contributed by atoms with Crippen molar-refractivity contribution in [1.82, 2.24) is 16.0 Å². The van der Waals surface area contributed by atoms with E-state index >= 15 is 0 Å². The van der Waals surface area contributed by atoms with Crippen LogP contribution in [0.1, 0.15) is 25.0 Å². The van der Waals surface area contributed by atoms with Crippen molar-refractivity contribution in [3.05, 3.63) is 71.8 Å². The van der Waals surface area contributed by atoms with Gasteiger partial charge in [0.25, 0.3) is 0 Å². The van der Waals surface area contributed by atoms with Gasteiger partial charge >= 0.3 is 5.97 Å². The summed E-state index contributed by atoms with van der Waals surface area (Å²) in [7, 11) is 0. The Labute approximate surface area is 215 Å². The number of hydrogen-bond donors (Lipinski definition) is 7. The molecule has 0 aliphatic rings. The van der Waals surface area contributed by atoms with Gasteiger partial charge in [-0.25, -0.2) is 4.79 Å². The predicted octanol–water partition coefficient (Wildman–Crippen LogP) is -0.900. The van der Waals surface area contributed by atoms with Gasteiger partial charge in [0.15, 0.2) is 6.04 Å². The van der Waals surface area contributed by atoms with Crippen molar-refractivity contribution in [2.24, 2.45) is 5.73 Å². The number of aliphatic hydroxyl groups excluding tert-OH is 2. The number of carboxylic acid groups (broad SMARTS) is 1. The summed E-state index contributed by atoms with van der Waals surface area (Å²) in [4.78, 5) is 50.5. The summed E-state index contributed by atoms with van der Waals surface area (Å²) in [6, 6.07) is 12.3. The highest BCUT2D eigenvalue weighted by molar-refractivity contribution is 5.94. The first-order chi connectivity index (χ1) is 17.5. The number of nitrogens with one attached hydrogen (secondary N) is 3. The molecule has 0 heterocycles. The molecule has 0 saturated carbocycles. The molecular formula is C26H34N4O7. The molecule has 6 unspecified atom stereocenters. The zero-order valence-electron chi connectivity index (χ0n) is 20.7. The van der Waals surface area contributed by atoms with E-state index in [1.807, 2.05) is 0 Å². The van der Waals surface area contributed by atoms with E-state index < -0.39 is 60.1 Å². The molecule has 0 fully saturated rings. The van der Waals surface area contributed by atoms with E-state index in [0.717, 1.165) is 5.56 Å². The molecule has 0 aliphatic heterocycles. The average Bonchev–Trinajstić information content (AvgIpc) is 2.86. The first-order valence-corrected chi connectivity index (χ1v) is 11.8. The normalized spacial score (nSPS) is 15.8. The number of hydrogen-bond acceptors (Lipinski definition) is 7. The second kappa shape index (κ2) is 14.1. The van der Waals surface area contributed by atoms with Crippen molar-refractivity contribution >= 4 is 23.7 Å². The zero-order valence-corrected chi connectivity index (χ0v) is 20.7. The lowest BCUT2D eigenvalue weighted by Gasteiger charge is -2.26. The van der Waals surface area contributed by atoms with E-state index in [1.165, 1.54) is 13.8 Å². The maximum Gasteiger partial charge on any atom is 0.328 e. The van der Waals surface area contributed by atoms with Crippen molar-refractivity contribution in [3.63, 3.8) is 0 Å². The summed E-state index contributed by atoms with van der Waals surface area (Å²) in [5, 5.41) is 36.2. The van der Waals surface area contributed by atoms with Crippen LogP contribution in [0.25, 0.3) is 0 Å². The van der Waals surface area contributed by atoms with E-state index in [-0.39, 0.29) is 12.8 Å². The summed E-state index contributed by atoms with van der Waals surface area (Å²) in [6.45, 7) is 2.57. The molecule has 11 heteroatoms. The standard InChI is InChI=1S/C26H34N4O7/c1-15(31)21(27)25(35)29-19(13-17-9-5-3-6-10-17)23(33)28-20(14-18-11-7-4-8-12-18)24(34)30-22(16(2)32)26(36)37/h3-12,15-16,19-22,31-32H,13-14,27H2,1-2H3,(H,28,33)(H,29,35)(H,30,34)(H,36,37).